The van der Waals surface area contributed by atoms with Crippen LogP contribution >= 0.6 is 0 Å². The molecule has 1 rings (SSSR count). The number of aliphatic imine (C=N–C) groups is 1. The van der Waals surface area contributed by atoms with E-state index in [1.54, 1.807) is 0 Å². The standard InChI is InChI=1S/C6H9N.C3H8/c1-6-3-2-4-7-5-6;1-3-2/h2-4,6H,5H2,1H3;3H2,1-2H3. The molecule has 0 radical (unpaired) electrons. The van der Waals surface area contributed by atoms with Crippen LogP contribution in [-0.4, -0.2) is 12.8 Å². The first kappa shape index (κ1) is 9.41. The molecule has 0 spiro atoms. The van der Waals surface area contributed by atoms with Crippen LogP contribution in [0.5, 0.6) is 0 Å². The van der Waals surface area contributed by atoms with Crippen LogP contribution in [0.25, 0.3) is 0 Å². The molecule has 0 aromatic heterocycles. The maximum atomic E-state index is 4.05. The Labute approximate surface area is 63.9 Å². The summed E-state index contributed by atoms with van der Waals surface area (Å²) in [6.45, 7) is 7.38. The summed E-state index contributed by atoms with van der Waals surface area (Å²) in [6.07, 6.45) is 7.25. The van der Waals surface area contributed by atoms with E-state index in [-0.39, 0.29) is 0 Å². The van der Waals surface area contributed by atoms with E-state index in [1.807, 2.05) is 12.3 Å². The van der Waals surface area contributed by atoms with Gasteiger partial charge in [-0.3, -0.25) is 4.99 Å². The fourth-order valence-electron chi connectivity index (χ4n) is 0.588. The summed E-state index contributed by atoms with van der Waals surface area (Å²) >= 11 is 0. The van der Waals surface area contributed by atoms with Crippen LogP contribution in [0.4, 0.5) is 0 Å². The minimum atomic E-state index is 0.657. The van der Waals surface area contributed by atoms with Gasteiger partial charge < -0.3 is 0 Å². The number of hydrogen-bond acceptors (Lipinski definition) is 1. The van der Waals surface area contributed by atoms with Crippen molar-refractivity contribution in [1.82, 2.24) is 0 Å². The van der Waals surface area contributed by atoms with Crippen molar-refractivity contribution >= 4 is 6.21 Å². The molecule has 0 aliphatic carbocycles. The second kappa shape index (κ2) is 6.53. The molecule has 0 saturated carbocycles. The van der Waals surface area contributed by atoms with Gasteiger partial charge in [0.05, 0.1) is 0 Å². The fraction of sp³-hybridized carbons (Fsp3) is 0.667. The zero-order valence-electron chi connectivity index (χ0n) is 7.17. The van der Waals surface area contributed by atoms with Gasteiger partial charge in [0.25, 0.3) is 0 Å². The lowest BCUT2D eigenvalue weighted by molar-refractivity contribution is 0.737. The highest BCUT2D eigenvalue weighted by Crippen LogP contribution is 1.99. The van der Waals surface area contributed by atoms with Crippen LogP contribution in [0.1, 0.15) is 27.2 Å². The van der Waals surface area contributed by atoms with Gasteiger partial charge in [0.2, 0.25) is 0 Å². The molecular formula is C9H17N. The van der Waals surface area contributed by atoms with Gasteiger partial charge in [0, 0.05) is 12.8 Å². The Balaban J connectivity index is 0.000000236. The van der Waals surface area contributed by atoms with Crippen molar-refractivity contribution in [2.24, 2.45) is 10.9 Å². The van der Waals surface area contributed by atoms with E-state index >= 15 is 0 Å². The van der Waals surface area contributed by atoms with E-state index in [4.69, 9.17) is 0 Å². The number of nitrogens with zero attached hydrogens (tertiary/aromatic N) is 1. The third-order valence-corrected chi connectivity index (χ3v) is 1.02. The summed E-state index contributed by atoms with van der Waals surface area (Å²) in [4.78, 5) is 4.05. The van der Waals surface area contributed by atoms with Gasteiger partial charge in [-0.25, -0.2) is 0 Å². The molecule has 10 heavy (non-hydrogen) atoms. The molecule has 1 atom stereocenters. The van der Waals surface area contributed by atoms with Crippen molar-refractivity contribution in [3.8, 4) is 0 Å². The van der Waals surface area contributed by atoms with Crippen molar-refractivity contribution in [2.45, 2.75) is 27.2 Å². The Morgan fingerprint density at radius 1 is 1.50 bits per heavy atom. The highest BCUT2D eigenvalue weighted by molar-refractivity contribution is 5.71. The van der Waals surface area contributed by atoms with E-state index in [0.29, 0.717) is 5.92 Å². The number of dihydropyridines is 1. The molecule has 0 aromatic carbocycles. The molecule has 0 saturated heterocycles. The maximum Gasteiger partial charge on any atom is 0.0449 e. The fourth-order valence-corrected chi connectivity index (χ4v) is 0.588. The third kappa shape index (κ3) is 5.54. The molecule has 0 aromatic rings. The second-order valence-corrected chi connectivity index (χ2v) is 2.58. The molecule has 1 aliphatic rings. The predicted molar refractivity (Wildman–Crippen MR) is 47.6 cm³/mol. The van der Waals surface area contributed by atoms with Crippen LogP contribution in [0.15, 0.2) is 17.1 Å². The van der Waals surface area contributed by atoms with Gasteiger partial charge in [-0.15, -0.1) is 0 Å². The minimum absolute atomic E-state index is 0.657. The number of allylic oxidation sites excluding steroid dienone is 1. The molecular weight excluding hydrogens is 122 g/mol. The summed E-state index contributed by atoms with van der Waals surface area (Å²) in [7, 11) is 0. The van der Waals surface area contributed by atoms with Crippen LogP contribution in [0, 0.1) is 5.92 Å². The van der Waals surface area contributed by atoms with Crippen molar-refractivity contribution in [2.75, 3.05) is 6.54 Å². The molecule has 0 N–H and O–H groups in total. The lowest BCUT2D eigenvalue weighted by Gasteiger charge is -2.01. The molecule has 0 amide bonds. The van der Waals surface area contributed by atoms with E-state index in [2.05, 4.69) is 31.8 Å². The third-order valence-electron chi connectivity index (χ3n) is 1.02. The lowest BCUT2D eigenvalue weighted by Crippen LogP contribution is -1.97. The average Bonchev–Trinajstić information content (AvgIpc) is 1.91. The van der Waals surface area contributed by atoms with Gasteiger partial charge in [-0.1, -0.05) is 33.3 Å². The number of rotatable bonds is 0. The lowest BCUT2D eigenvalue weighted by atomic mass is 10.1. The Hall–Kier alpha value is -0.590. The zero-order valence-corrected chi connectivity index (χ0v) is 7.17. The number of hydrogen-bond donors (Lipinski definition) is 0. The average molecular weight is 139 g/mol. The summed E-state index contributed by atoms with van der Waals surface area (Å²) in [5.74, 6) is 0.657. The molecule has 58 valence electrons. The van der Waals surface area contributed by atoms with Crippen molar-refractivity contribution in [3.63, 3.8) is 0 Å². The first-order valence-electron chi connectivity index (χ1n) is 3.97. The molecule has 1 nitrogen and oxygen atoms in total. The Morgan fingerprint density at radius 2 is 2.10 bits per heavy atom. The van der Waals surface area contributed by atoms with Crippen molar-refractivity contribution in [3.05, 3.63) is 12.2 Å². The first-order valence-corrected chi connectivity index (χ1v) is 3.97. The normalized spacial score (nSPS) is 21.7. The summed E-state index contributed by atoms with van der Waals surface area (Å²) in [5.41, 5.74) is 0. The first-order chi connectivity index (χ1) is 4.81. The smallest absolute Gasteiger partial charge is 0.0449 e. The highest BCUT2D eigenvalue weighted by atomic mass is 14.7. The molecule has 1 unspecified atom stereocenters. The van der Waals surface area contributed by atoms with Gasteiger partial charge in [0.1, 0.15) is 0 Å². The van der Waals surface area contributed by atoms with Crippen molar-refractivity contribution < 1.29 is 0 Å². The SMILES string of the molecule is CC1C=CC=NC1.CCC. The van der Waals surface area contributed by atoms with Crippen LogP contribution in [-0.2, 0) is 0 Å². The summed E-state index contributed by atoms with van der Waals surface area (Å²) in [5, 5.41) is 0. The van der Waals surface area contributed by atoms with Crippen molar-refractivity contribution in [1.29, 1.82) is 0 Å². The van der Waals surface area contributed by atoms with E-state index in [1.165, 1.54) is 6.42 Å². The highest BCUT2D eigenvalue weighted by Gasteiger charge is 1.94. The molecule has 0 fully saturated rings. The van der Waals surface area contributed by atoms with Gasteiger partial charge in [0.15, 0.2) is 0 Å². The molecule has 1 heterocycles. The second-order valence-electron chi connectivity index (χ2n) is 2.58. The minimum Gasteiger partial charge on any atom is -0.293 e. The Morgan fingerprint density at radius 3 is 2.30 bits per heavy atom. The topological polar surface area (TPSA) is 12.4 Å². The molecule has 1 heteroatoms. The van der Waals surface area contributed by atoms with E-state index < -0.39 is 0 Å². The Kier molecular flexibility index (Phi) is 6.14. The van der Waals surface area contributed by atoms with E-state index in [0.717, 1.165) is 6.54 Å². The van der Waals surface area contributed by atoms with Crippen LogP contribution in [0.3, 0.4) is 0 Å². The van der Waals surface area contributed by atoms with Gasteiger partial charge in [-0.05, 0) is 12.0 Å². The monoisotopic (exact) mass is 139 g/mol. The Bertz CT molecular complexity index is 114. The molecule has 1 aliphatic heterocycles. The van der Waals surface area contributed by atoms with Gasteiger partial charge >= 0.3 is 0 Å². The van der Waals surface area contributed by atoms with Crippen LogP contribution in [0.2, 0.25) is 0 Å². The molecule has 0 bridgehead atoms. The quantitative estimate of drug-likeness (QED) is 0.489. The zero-order chi connectivity index (χ0) is 7.82. The maximum absolute atomic E-state index is 4.05. The summed E-state index contributed by atoms with van der Waals surface area (Å²) < 4.78 is 0. The van der Waals surface area contributed by atoms with Gasteiger partial charge in [-0.2, -0.15) is 0 Å². The predicted octanol–water partition coefficient (Wildman–Crippen LogP) is 2.68. The van der Waals surface area contributed by atoms with E-state index in [9.17, 15) is 0 Å². The largest absolute Gasteiger partial charge is 0.293 e. The summed E-state index contributed by atoms with van der Waals surface area (Å²) in [6, 6.07) is 0. The van der Waals surface area contributed by atoms with Crippen LogP contribution < -0.4 is 0 Å².